The number of ether oxygens (including phenoxy) is 1. The molecule has 0 radical (unpaired) electrons. The Hall–Kier alpha value is -1.43. The molecule has 17 heavy (non-hydrogen) atoms. The summed E-state index contributed by atoms with van der Waals surface area (Å²) in [5.74, 6) is -0.177. The fourth-order valence-corrected chi connectivity index (χ4v) is 1.42. The molecule has 1 aromatic heterocycles. The van der Waals surface area contributed by atoms with Crippen molar-refractivity contribution in [1.82, 2.24) is 14.9 Å². The summed E-state index contributed by atoms with van der Waals surface area (Å²) in [6.07, 6.45) is 0.978. The van der Waals surface area contributed by atoms with Crippen molar-refractivity contribution in [2.24, 2.45) is 0 Å². The van der Waals surface area contributed by atoms with Gasteiger partial charge >= 0.3 is 0 Å². The fourth-order valence-electron chi connectivity index (χ4n) is 1.42. The molecule has 0 fully saturated rings. The minimum absolute atomic E-state index is 0.00898. The maximum Gasteiger partial charge on any atom is 0.255 e. The van der Waals surface area contributed by atoms with E-state index in [4.69, 9.17) is 4.74 Å². The van der Waals surface area contributed by atoms with E-state index in [9.17, 15) is 4.39 Å². The summed E-state index contributed by atoms with van der Waals surface area (Å²) in [5, 5.41) is 2.91. The zero-order chi connectivity index (χ0) is 12.8. The van der Waals surface area contributed by atoms with Crippen LogP contribution >= 0.6 is 0 Å². The van der Waals surface area contributed by atoms with Gasteiger partial charge in [0.05, 0.1) is 6.20 Å². The van der Waals surface area contributed by atoms with Crippen LogP contribution in [-0.2, 0) is 0 Å². The Morgan fingerprint density at radius 2 is 2.24 bits per heavy atom. The molecule has 0 aromatic carbocycles. The third kappa shape index (κ3) is 4.52. The van der Waals surface area contributed by atoms with Gasteiger partial charge in [-0.2, -0.15) is 9.37 Å². The first-order chi connectivity index (χ1) is 8.02. The van der Waals surface area contributed by atoms with E-state index in [2.05, 4.69) is 15.3 Å². The molecule has 6 heteroatoms. The number of nitrogens with zero attached hydrogens (tertiary/aromatic N) is 3. The van der Waals surface area contributed by atoms with Crippen molar-refractivity contribution in [3.8, 4) is 5.88 Å². The molecule has 1 rings (SSSR count). The summed E-state index contributed by atoms with van der Waals surface area (Å²) in [6, 6.07) is 0. The summed E-state index contributed by atoms with van der Waals surface area (Å²) < 4.78 is 18.9. The Bertz CT molecular complexity index is 359. The van der Waals surface area contributed by atoms with E-state index in [0.717, 1.165) is 6.20 Å². The number of nitrogens with one attached hydrogen (secondary N) is 1. The molecule has 1 atom stereocenters. The first-order valence-electron chi connectivity index (χ1n) is 5.60. The first kappa shape index (κ1) is 13.6. The number of hydrogen-bond acceptors (Lipinski definition) is 5. The molecule has 1 aromatic rings. The SMILES string of the molecule is CCNc1ncc(F)c(OC(C)CN(C)C)n1. The van der Waals surface area contributed by atoms with Crippen LogP contribution in [0.5, 0.6) is 5.88 Å². The van der Waals surface area contributed by atoms with Crippen molar-refractivity contribution in [3.63, 3.8) is 0 Å². The summed E-state index contributed by atoms with van der Waals surface area (Å²) in [4.78, 5) is 9.75. The van der Waals surface area contributed by atoms with Gasteiger partial charge in [-0.15, -0.1) is 0 Å². The van der Waals surface area contributed by atoms with Gasteiger partial charge in [-0.3, -0.25) is 0 Å². The molecule has 0 spiro atoms. The molecule has 0 bridgehead atoms. The van der Waals surface area contributed by atoms with Crippen molar-refractivity contribution < 1.29 is 9.13 Å². The lowest BCUT2D eigenvalue weighted by Crippen LogP contribution is -2.28. The normalized spacial score (nSPS) is 12.6. The molecule has 0 aliphatic carbocycles. The molecule has 0 saturated heterocycles. The van der Waals surface area contributed by atoms with Gasteiger partial charge in [0.25, 0.3) is 5.88 Å². The highest BCUT2D eigenvalue weighted by molar-refractivity contribution is 5.28. The summed E-state index contributed by atoms with van der Waals surface area (Å²) in [7, 11) is 3.86. The largest absolute Gasteiger partial charge is 0.471 e. The van der Waals surface area contributed by atoms with Gasteiger partial charge in [-0.05, 0) is 27.9 Å². The number of anilines is 1. The van der Waals surface area contributed by atoms with Crippen LogP contribution in [0.25, 0.3) is 0 Å². The molecule has 96 valence electrons. The van der Waals surface area contributed by atoms with E-state index in [1.54, 1.807) is 0 Å². The van der Waals surface area contributed by atoms with Crippen LogP contribution in [-0.4, -0.2) is 48.2 Å². The van der Waals surface area contributed by atoms with Crippen LogP contribution < -0.4 is 10.1 Å². The third-order valence-electron chi connectivity index (χ3n) is 1.98. The minimum atomic E-state index is -0.544. The second-order valence-electron chi connectivity index (χ2n) is 4.07. The molecule has 0 aliphatic heterocycles. The highest BCUT2D eigenvalue weighted by atomic mass is 19.1. The van der Waals surface area contributed by atoms with Crippen molar-refractivity contribution >= 4 is 5.95 Å². The number of rotatable bonds is 6. The Morgan fingerprint density at radius 3 is 2.82 bits per heavy atom. The fraction of sp³-hybridized carbons (Fsp3) is 0.636. The minimum Gasteiger partial charge on any atom is -0.471 e. The van der Waals surface area contributed by atoms with Crippen LogP contribution in [0.1, 0.15) is 13.8 Å². The number of likely N-dealkylation sites (N-methyl/N-ethyl adjacent to an activating group) is 1. The Morgan fingerprint density at radius 1 is 1.53 bits per heavy atom. The number of halogens is 1. The maximum atomic E-state index is 13.4. The van der Waals surface area contributed by atoms with Crippen LogP contribution in [0.2, 0.25) is 0 Å². The van der Waals surface area contributed by atoms with Crippen molar-refractivity contribution in [2.45, 2.75) is 20.0 Å². The summed E-state index contributed by atoms with van der Waals surface area (Å²) >= 11 is 0. The monoisotopic (exact) mass is 242 g/mol. The van der Waals surface area contributed by atoms with Crippen LogP contribution in [0, 0.1) is 5.82 Å². The van der Waals surface area contributed by atoms with Crippen LogP contribution in [0.4, 0.5) is 10.3 Å². The average Bonchev–Trinajstić information content (AvgIpc) is 2.22. The molecule has 1 heterocycles. The molecular weight excluding hydrogens is 223 g/mol. The molecule has 5 nitrogen and oxygen atoms in total. The molecule has 0 saturated carbocycles. The standard InChI is InChI=1S/C11H19FN4O/c1-5-13-11-14-6-9(12)10(15-11)17-8(2)7-16(3)4/h6,8H,5,7H2,1-4H3,(H,13,14,15). The molecule has 0 aliphatic rings. The zero-order valence-electron chi connectivity index (χ0n) is 10.7. The van der Waals surface area contributed by atoms with E-state index < -0.39 is 5.82 Å². The van der Waals surface area contributed by atoms with Gasteiger partial charge < -0.3 is 15.0 Å². The predicted molar refractivity (Wildman–Crippen MR) is 64.8 cm³/mol. The molecular formula is C11H19FN4O. The van der Waals surface area contributed by atoms with E-state index in [1.807, 2.05) is 32.8 Å². The van der Waals surface area contributed by atoms with Crippen molar-refractivity contribution in [1.29, 1.82) is 0 Å². The van der Waals surface area contributed by atoms with Gasteiger partial charge in [0.2, 0.25) is 11.8 Å². The van der Waals surface area contributed by atoms with Crippen molar-refractivity contribution in [2.75, 3.05) is 32.5 Å². The van der Waals surface area contributed by atoms with Crippen molar-refractivity contribution in [3.05, 3.63) is 12.0 Å². The number of aromatic nitrogens is 2. The lowest BCUT2D eigenvalue weighted by Gasteiger charge is -2.18. The predicted octanol–water partition coefficient (Wildman–Crippen LogP) is 1.38. The van der Waals surface area contributed by atoms with E-state index in [0.29, 0.717) is 19.0 Å². The highest BCUT2D eigenvalue weighted by Crippen LogP contribution is 2.16. The van der Waals surface area contributed by atoms with Gasteiger partial charge in [0, 0.05) is 13.1 Å². The second-order valence-corrected chi connectivity index (χ2v) is 4.07. The Labute approximate surface area is 101 Å². The average molecular weight is 242 g/mol. The zero-order valence-corrected chi connectivity index (χ0v) is 10.7. The van der Waals surface area contributed by atoms with Gasteiger partial charge in [0.15, 0.2) is 0 Å². The third-order valence-corrected chi connectivity index (χ3v) is 1.98. The number of hydrogen-bond donors (Lipinski definition) is 1. The van der Waals surface area contributed by atoms with Gasteiger partial charge in [-0.25, -0.2) is 4.98 Å². The second kappa shape index (κ2) is 6.34. The summed E-state index contributed by atoms with van der Waals surface area (Å²) in [6.45, 7) is 5.16. The quantitative estimate of drug-likeness (QED) is 0.816. The lowest BCUT2D eigenvalue weighted by atomic mass is 10.4. The smallest absolute Gasteiger partial charge is 0.255 e. The summed E-state index contributed by atoms with van der Waals surface area (Å²) in [5.41, 5.74) is 0. The van der Waals surface area contributed by atoms with Crippen LogP contribution in [0.15, 0.2) is 6.20 Å². The highest BCUT2D eigenvalue weighted by Gasteiger charge is 2.12. The van der Waals surface area contributed by atoms with E-state index in [1.165, 1.54) is 0 Å². The van der Waals surface area contributed by atoms with E-state index in [-0.39, 0.29) is 12.0 Å². The Balaban J connectivity index is 2.71. The van der Waals surface area contributed by atoms with Gasteiger partial charge in [0.1, 0.15) is 6.10 Å². The van der Waals surface area contributed by atoms with E-state index >= 15 is 0 Å². The molecule has 1 unspecified atom stereocenters. The topological polar surface area (TPSA) is 50.3 Å². The molecule has 0 amide bonds. The lowest BCUT2D eigenvalue weighted by molar-refractivity contribution is 0.163. The van der Waals surface area contributed by atoms with Gasteiger partial charge in [-0.1, -0.05) is 0 Å². The molecule has 1 N–H and O–H groups in total. The van der Waals surface area contributed by atoms with Crippen LogP contribution in [0.3, 0.4) is 0 Å². The Kier molecular flexibility index (Phi) is 5.09. The maximum absolute atomic E-state index is 13.4. The first-order valence-corrected chi connectivity index (χ1v) is 5.60.